The van der Waals surface area contributed by atoms with Crippen molar-refractivity contribution in [3.8, 4) is 0 Å². The number of aryl methyl sites for hydroxylation is 2. The highest BCUT2D eigenvalue weighted by atomic mass is 16.5. The molecule has 124 valence electrons. The highest BCUT2D eigenvalue weighted by molar-refractivity contribution is 5.29. The summed E-state index contributed by atoms with van der Waals surface area (Å²) in [5, 5.41) is 8.77. The number of rotatable bonds is 4. The van der Waals surface area contributed by atoms with Gasteiger partial charge in [0, 0.05) is 30.3 Å². The van der Waals surface area contributed by atoms with Crippen LogP contribution < -0.4 is 0 Å². The van der Waals surface area contributed by atoms with E-state index in [4.69, 9.17) is 4.52 Å². The van der Waals surface area contributed by atoms with Gasteiger partial charge in [0.2, 0.25) is 5.89 Å². The molecule has 1 aliphatic carbocycles. The molecule has 2 fully saturated rings. The maximum absolute atomic E-state index is 5.57. The number of nitrogens with zero attached hydrogens (tertiary/aromatic N) is 5. The first-order valence-electron chi connectivity index (χ1n) is 8.65. The average Bonchev–Trinajstić information content (AvgIpc) is 2.96. The molecule has 0 radical (unpaired) electrons. The molecule has 6 nitrogen and oxygen atoms in total. The summed E-state index contributed by atoms with van der Waals surface area (Å²) in [6.07, 6.45) is 4.77. The fourth-order valence-corrected chi connectivity index (χ4v) is 3.90. The van der Waals surface area contributed by atoms with Crippen LogP contribution in [0.3, 0.4) is 0 Å². The Morgan fingerprint density at radius 1 is 1.22 bits per heavy atom. The average molecular weight is 315 g/mol. The van der Waals surface area contributed by atoms with Crippen LogP contribution in [-0.4, -0.2) is 31.4 Å². The first kappa shape index (κ1) is 14.9. The van der Waals surface area contributed by atoms with Gasteiger partial charge in [-0.3, -0.25) is 9.58 Å². The van der Waals surface area contributed by atoms with E-state index in [9.17, 15) is 0 Å². The smallest absolute Gasteiger partial charge is 0.243 e. The first-order chi connectivity index (χ1) is 11.1. The van der Waals surface area contributed by atoms with Gasteiger partial charge in [-0.25, -0.2) is 0 Å². The molecule has 0 spiro atoms. The number of hydrogen-bond acceptors (Lipinski definition) is 5. The van der Waals surface area contributed by atoms with E-state index in [1.807, 2.05) is 11.7 Å². The van der Waals surface area contributed by atoms with Gasteiger partial charge in [-0.05, 0) is 53.0 Å². The van der Waals surface area contributed by atoms with Crippen LogP contribution in [0.25, 0.3) is 0 Å². The van der Waals surface area contributed by atoms with Crippen molar-refractivity contribution in [1.29, 1.82) is 0 Å². The molecule has 2 aromatic heterocycles. The van der Waals surface area contributed by atoms with Gasteiger partial charge in [-0.1, -0.05) is 5.16 Å². The van der Waals surface area contributed by atoms with Crippen LogP contribution in [0.15, 0.2) is 4.52 Å². The van der Waals surface area contributed by atoms with Gasteiger partial charge in [-0.15, -0.1) is 0 Å². The van der Waals surface area contributed by atoms with Crippen molar-refractivity contribution in [3.05, 3.63) is 28.7 Å². The molecule has 3 heterocycles. The van der Waals surface area contributed by atoms with Crippen molar-refractivity contribution in [2.75, 3.05) is 6.54 Å². The third-order valence-corrected chi connectivity index (χ3v) is 5.45. The molecule has 1 saturated heterocycles. The quantitative estimate of drug-likeness (QED) is 0.867. The zero-order valence-electron chi connectivity index (χ0n) is 14.4. The lowest BCUT2D eigenvalue weighted by molar-refractivity contribution is 0.158. The maximum Gasteiger partial charge on any atom is 0.243 e. The largest absolute Gasteiger partial charge is 0.338 e. The third-order valence-electron chi connectivity index (χ3n) is 5.45. The van der Waals surface area contributed by atoms with Crippen LogP contribution in [-0.2, 0) is 7.05 Å². The summed E-state index contributed by atoms with van der Waals surface area (Å²) in [7, 11) is 2.02. The lowest BCUT2D eigenvalue weighted by atomic mass is 10.0. The van der Waals surface area contributed by atoms with Crippen LogP contribution >= 0.6 is 0 Å². The van der Waals surface area contributed by atoms with Gasteiger partial charge >= 0.3 is 0 Å². The molecule has 0 aromatic carbocycles. The highest BCUT2D eigenvalue weighted by Gasteiger charge is 2.36. The minimum Gasteiger partial charge on any atom is -0.338 e. The molecule has 0 N–H and O–H groups in total. The Morgan fingerprint density at radius 3 is 2.65 bits per heavy atom. The van der Waals surface area contributed by atoms with E-state index in [0.29, 0.717) is 12.0 Å². The normalized spacial score (nSPS) is 23.6. The summed E-state index contributed by atoms with van der Waals surface area (Å²) < 4.78 is 7.56. The molecule has 2 aromatic rings. The van der Waals surface area contributed by atoms with Gasteiger partial charge in [0.1, 0.15) is 0 Å². The van der Waals surface area contributed by atoms with Crippen LogP contribution in [0.1, 0.15) is 79.3 Å². The van der Waals surface area contributed by atoms with E-state index in [0.717, 1.165) is 24.0 Å². The van der Waals surface area contributed by atoms with E-state index in [-0.39, 0.29) is 6.04 Å². The highest BCUT2D eigenvalue weighted by Crippen LogP contribution is 2.42. The number of likely N-dealkylation sites (tertiary alicyclic amines) is 1. The van der Waals surface area contributed by atoms with E-state index >= 15 is 0 Å². The van der Waals surface area contributed by atoms with Crippen LogP contribution in [0, 0.1) is 13.8 Å². The zero-order chi connectivity index (χ0) is 16.1. The van der Waals surface area contributed by atoms with Crippen molar-refractivity contribution < 1.29 is 4.52 Å². The van der Waals surface area contributed by atoms with Crippen molar-refractivity contribution in [2.24, 2.45) is 7.05 Å². The molecule has 23 heavy (non-hydrogen) atoms. The van der Waals surface area contributed by atoms with E-state index < -0.39 is 0 Å². The number of hydrogen-bond donors (Lipinski definition) is 0. The Hall–Kier alpha value is -1.69. The van der Waals surface area contributed by atoms with Gasteiger partial charge in [0.15, 0.2) is 5.82 Å². The van der Waals surface area contributed by atoms with Gasteiger partial charge in [-0.2, -0.15) is 10.1 Å². The molecule has 4 rings (SSSR count). The van der Waals surface area contributed by atoms with Gasteiger partial charge in [0.25, 0.3) is 0 Å². The van der Waals surface area contributed by atoms with Gasteiger partial charge in [0.05, 0.1) is 11.7 Å². The SMILES string of the molecule is Cc1nn(C)c(C)c1C1CCCN1C(C)c1nc(C2CC2)no1. The molecule has 2 unspecified atom stereocenters. The second-order valence-corrected chi connectivity index (χ2v) is 7.05. The van der Waals surface area contributed by atoms with E-state index in [1.54, 1.807) is 0 Å². The summed E-state index contributed by atoms with van der Waals surface area (Å²) in [5.74, 6) is 2.20. The molecule has 6 heteroatoms. The standard InChI is InChI=1S/C17H25N5O/c1-10-15(11(2)21(4)19-10)14-6-5-9-22(14)12(3)17-18-16(20-23-17)13-7-8-13/h12-14H,5-9H2,1-4H3. The monoisotopic (exact) mass is 315 g/mol. The van der Waals surface area contributed by atoms with E-state index in [1.165, 1.54) is 36.9 Å². The van der Waals surface area contributed by atoms with Crippen molar-refractivity contribution >= 4 is 0 Å². The second-order valence-electron chi connectivity index (χ2n) is 7.05. The Labute approximate surface area is 136 Å². The Balaban J connectivity index is 1.61. The molecule has 2 aliphatic rings. The van der Waals surface area contributed by atoms with Crippen LogP contribution in [0.5, 0.6) is 0 Å². The molecule has 1 aliphatic heterocycles. The fraction of sp³-hybridized carbons (Fsp3) is 0.706. The predicted octanol–water partition coefficient (Wildman–Crippen LogP) is 3.20. The van der Waals surface area contributed by atoms with E-state index in [2.05, 4.69) is 40.9 Å². The van der Waals surface area contributed by atoms with Crippen molar-refractivity contribution in [2.45, 2.75) is 64.5 Å². The summed E-state index contributed by atoms with van der Waals surface area (Å²) in [6.45, 7) is 7.53. The fourth-order valence-electron chi connectivity index (χ4n) is 3.90. The lowest BCUT2D eigenvalue weighted by Crippen LogP contribution is -2.27. The van der Waals surface area contributed by atoms with Crippen molar-refractivity contribution in [3.63, 3.8) is 0 Å². The summed E-state index contributed by atoms with van der Waals surface area (Å²) in [5.41, 5.74) is 3.77. The summed E-state index contributed by atoms with van der Waals surface area (Å²) >= 11 is 0. The Bertz CT molecular complexity index is 715. The molecule has 0 amide bonds. The Morgan fingerprint density at radius 2 is 2.00 bits per heavy atom. The lowest BCUT2D eigenvalue weighted by Gasteiger charge is -2.28. The predicted molar refractivity (Wildman–Crippen MR) is 86.1 cm³/mol. The molecule has 2 atom stereocenters. The van der Waals surface area contributed by atoms with Crippen LogP contribution in [0.2, 0.25) is 0 Å². The van der Waals surface area contributed by atoms with Crippen molar-refractivity contribution in [1.82, 2.24) is 24.8 Å². The number of aromatic nitrogens is 4. The molecular weight excluding hydrogens is 290 g/mol. The molecule has 0 bridgehead atoms. The third kappa shape index (κ3) is 2.49. The van der Waals surface area contributed by atoms with Crippen LogP contribution in [0.4, 0.5) is 0 Å². The summed E-state index contributed by atoms with van der Waals surface area (Å²) in [4.78, 5) is 7.16. The zero-order valence-corrected chi connectivity index (χ0v) is 14.4. The molecule has 1 saturated carbocycles. The Kier molecular flexibility index (Phi) is 3.52. The summed E-state index contributed by atoms with van der Waals surface area (Å²) in [6, 6.07) is 0.552. The maximum atomic E-state index is 5.57. The minimum absolute atomic E-state index is 0.154. The minimum atomic E-state index is 0.154. The topological polar surface area (TPSA) is 60.0 Å². The second kappa shape index (κ2) is 5.44. The molecular formula is C17H25N5O. The van der Waals surface area contributed by atoms with Gasteiger partial charge < -0.3 is 4.52 Å². The first-order valence-corrected chi connectivity index (χ1v) is 8.65.